The number of benzene rings is 1. The summed E-state index contributed by atoms with van der Waals surface area (Å²) in [5, 5.41) is 12.7. The van der Waals surface area contributed by atoms with E-state index in [1.165, 1.54) is 12.8 Å². The molecule has 2 rings (SSSR count). The van der Waals surface area contributed by atoms with E-state index in [1.54, 1.807) is 0 Å². The van der Waals surface area contributed by atoms with Crippen LogP contribution in [0.5, 0.6) is 11.5 Å². The summed E-state index contributed by atoms with van der Waals surface area (Å²) in [6.07, 6.45) is 3.02. The molecule has 0 radical (unpaired) electrons. The molecule has 0 aromatic heterocycles. The predicted octanol–water partition coefficient (Wildman–Crippen LogP) is 2.89. The second-order valence-corrected chi connectivity index (χ2v) is 5.37. The molecule has 20 heavy (non-hydrogen) atoms. The van der Waals surface area contributed by atoms with Gasteiger partial charge < -0.3 is 9.47 Å². The van der Waals surface area contributed by atoms with Crippen molar-refractivity contribution in [3.8, 4) is 17.6 Å². The van der Waals surface area contributed by atoms with Gasteiger partial charge in [-0.05, 0) is 38.8 Å². The van der Waals surface area contributed by atoms with E-state index in [1.807, 2.05) is 38.1 Å². The Kier molecular flexibility index (Phi) is 4.86. The van der Waals surface area contributed by atoms with Crippen molar-refractivity contribution in [2.45, 2.75) is 44.7 Å². The Hall–Kier alpha value is -1.73. The third-order valence-electron chi connectivity index (χ3n) is 3.33. The summed E-state index contributed by atoms with van der Waals surface area (Å²) in [7, 11) is 0. The summed E-state index contributed by atoms with van der Waals surface area (Å²) in [4.78, 5) is 0. The average Bonchev–Trinajstić information content (AvgIpc) is 3.23. The van der Waals surface area contributed by atoms with Crippen molar-refractivity contribution in [2.24, 2.45) is 0 Å². The quantitative estimate of drug-likeness (QED) is 0.792. The van der Waals surface area contributed by atoms with Gasteiger partial charge in [0.05, 0.1) is 19.3 Å². The van der Waals surface area contributed by atoms with E-state index >= 15 is 0 Å². The topological polar surface area (TPSA) is 54.3 Å². The van der Waals surface area contributed by atoms with Crippen molar-refractivity contribution in [3.63, 3.8) is 0 Å². The third kappa shape index (κ3) is 4.43. The third-order valence-corrected chi connectivity index (χ3v) is 3.33. The number of rotatable bonds is 8. The monoisotopic (exact) mass is 274 g/mol. The molecule has 4 heteroatoms. The number of nitrogens with zero attached hydrogens (tertiary/aromatic N) is 1. The summed E-state index contributed by atoms with van der Waals surface area (Å²) in [6, 6.07) is 10.5. The van der Waals surface area contributed by atoms with Gasteiger partial charge in [0.2, 0.25) is 0 Å². The number of hydrogen-bond acceptors (Lipinski definition) is 4. The Bertz CT molecular complexity index is 480. The first-order valence-corrected chi connectivity index (χ1v) is 7.20. The average molecular weight is 274 g/mol. The second-order valence-electron chi connectivity index (χ2n) is 5.37. The highest BCUT2D eigenvalue weighted by atomic mass is 16.5. The van der Waals surface area contributed by atoms with E-state index in [0.717, 1.165) is 11.5 Å². The first-order valence-electron chi connectivity index (χ1n) is 7.20. The first-order chi connectivity index (χ1) is 9.65. The fourth-order valence-corrected chi connectivity index (χ4v) is 2.03. The van der Waals surface area contributed by atoms with Gasteiger partial charge in [-0.15, -0.1) is 0 Å². The van der Waals surface area contributed by atoms with Gasteiger partial charge in [0.1, 0.15) is 17.0 Å². The molecule has 0 bridgehead atoms. The maximum absolute atomic E-state index is 9.29. The molecule has 1 fully saturated rings. The lowest BCUT2D eigenvalue weighted by Crippen LogP contribution is -2.43. The molecule has 1 aliphatic carbocycles. The van der Waals surface area contributed by atoms with Crippen LogP contribution < -0.4 is 14.8 Å². The molecule has 4 nitrogen and oxygen atoms in total. The molecule has 1 aromatic rings. The van der Waals surface area contributed by atoms with E-state index in [4.69, 9.17) is 9.47 Å². The van der Waals surface area contributed by atoms with Gasteiger partial charge in [0, 0.05) is 18.5 Å². The van der Waals surface area contributed by atoms with Crippen LogP contribution >= 0.6 is 0 Å². The lowest BCUT2D eigenvalue weighted by atomic mass is 10.0. The normalized spacial score (nSPS) is 17.1. The highest BCUT2D eigenvalue weighted by molar-refractivity contribution is 5.32. The molecule has 1 atom stereocenters. The number of nitrogens with one attached hydrogen (secondary N) is 1. The smallest absolute Gasteiger partial charge is 0.122 e. The van der Waals surface area contributed by atoms with Crippen LogP contribution in [0.1, 0.15) is 33.1 Å². The molecule has 1 aliphatic rings. The second kappa shape index (κ2) is 6.62. The van der Waals surface area contributed by atoms with Crippen LogP contribution in [-0.2, 0) is 0 Å². The maximum atomic E-state index is 9.29. The van der Waals surface area contributed by atoms with Crippen LogP contribution in [0.4, 0.5) is 0 Å². The highest BCUT2D eigenvalue weighted by Crippen LogP contribution is 2.24. The minimum absolute atomic E-state index is 0.501. The van der Waals surface area contributed by atoms with Crippen molar-refractivity contribution in [3.05, 3.63) is 24.3 Å². The number of ether oxygens (including phenoxy) is 2. The molecular formula is C16H22N2O2. The molecule has 0 aliphatic heterocycles. The van der Waals surface area contributed by atoms with Gasteiger partial charge >= 0.3 is 0 Å². The van der Waals surface area contributed by atoms with E-state index in [2.05, 4.69) is 11.4 Å². The van der Waals surface area contributed by atoms with Crippen molar-refractivity contribution in [1.29, 1.82) is 5.26 Å². The summed E-state index contributed by atoms with van der Waals surface area (Å²) < 4.78 is 11.2. The van der Waals surface area contributed by atoms with Crippen molar-refractivity contribution < 1.29 is 9.47 Å². The largest absolute Gasteiger partial charge is 0.494 e. The highest BCUT2D eigenvalue weighted by Gasteiger charge is 2.32. The van der Waals surface area contributed by atoms with Gasteiger partial charge in [-0.1, -0.05) is 6.07 Å². The standard InChI is InChI=1S/C16H22N2O2/c1-3-19-14-5-4-6-15(11-14)20-10-9-16(2,12-17)18-13-7-8-13/h4-6,11,13,18H,3,7-10H2,1-2H3. The summed E-state index contributed by atoms with van der Waals surface area (Å²) in [5.74, 6) is 1.59. The molecule has 108 valence electrons. The summed E-state index contributed by atoms with van der Waals surface area (Å²) in [6.45, 7) is 5.04. The SMILES string of the molecule is CCOc1cccc(OCCC(C)(C#N)NC2CC2)c1. The molecule has 0 heterocycles. The minimum Gasteiger partial charge on any atom is -0.494 e. The molecule has 0 amide bonds. The molecule has 1 N–H and O–H groups in total. The molecule has 0 saturated heterocycles. The number of hydrogen-bond donors (Lipinski definition) is 1. The van der Waals surface area contributed by atoms with Crippen LogP contribution in [0.25, 0.3) is 0 Å². The van der Waals surface area contributed by atoms with Crippen LogP contribution in [-0.4, -0.2) is 24.8 Å². The van der Waals surface area contributed by atoms with Crippen LogP contribution in [0.15, 0.2) is 24.3 Å². The fraction of sp³-hybridized carbons (Fsp3) is 0.562. The zero-order valence-electron chi connectivity index (χ0n) is 12.2. The van der Waals surface area contributed by atoms with Crippen molar-refractivity contribution in [2.75, 3.05) is 13.2 Å². The van der Waals surface area contributed by atoms with Crippen molar-refractivity contribution >= 4 is 0 Å². The Balaban J connectivity index is 1.82. The minimum atomic E-state index is -0.501. The summed E-state index contributed by atoms with van der Waals surface area (Å²) >= 11 is 0. The van der Waals surface area contributed by atoms with E-state index in [9.17, 15) is 5.26 Å². The molecule has 1 aromatic carbocycles. The van der Waals surface area contributed by atoms with Gasteiger partial charge in [-0.2, -0.15) is 5.26 Å². The summed E-state index contributed by atoms with van der Waals surface area (Å²) in [5.41, 5.74) is -0.501. The predicted molar refractivity (Wildman–Crippen MR) is 77.9 cm³/mol. The maximum Gasteiger partial charge on any atom is 0.122 e. The Labute approximate surface area is 120 Å². The zero-order valence-corrected chi connectivity index (χ0v) is 12.2. The zero-order chi connectivity index (χ0) is 14.4. The molecule has 1 saturated carbocycles. The first kappa shape index (κ1) is 14.7. The van der Waals surface area contributed by atoms with E-state index in [0.29, 0.717) is 25.7 Å². The van der Waals surface area contributed by atoms with E-state index in [-0.39, 0.29) is 0 Å². The van der Waals surface area contributed by atoms with Gasteiger partial charge in [-0.3, -0.25) is 5.32 Å². The van der Waals surface area contributed by atoms with Gasteiger partial charge in [-0.25, -0.2) is 0 Å². The van der Waals surface area contributed by atoms with Gasteiger partial charge in [0.25, 0.3) is 0 Å². The molecule has 0 spiro atoms. The van der Waals surface area contributed by atoms with E-state index < -0.39 is 5.54 Å². The van der Waals surface area contributed by atoms with Crippen LogP contribution in [0, 0.1) is 11.3 Å². The van der Waals surface area contributed by atoms with Gasteiger partial charge in [0.15, 0.2) is 0 Å². The molecule has 1 unspecified atom stereocenters. The fourth-order valence-electron chi connectivity index (χ4n) is 2.03. The lowest BCUT2D eigenvalue weighted by molar-refractivity contribution is 0.264. The Morgan fingerprint density at radius 3 is 2.65 bits per heavy atom. The Morgan fingerprint density at radius 1 is 1.35 bits per heavy atom. The van der Waals surface area contributed by atoms with Crippen LogP contribution in [0.2, 0.25) is 0 Å². The van der Waals surface area contributed by atoms with Crippen LogP contribution in [0.3, 0.4) is 0 Å². The number of nitriles is 1. The van der Waals surface area contributed by atoms with Crippen molar-refractivity contribution in [1.82, 2.24) is 5.32 Å². The Morgan fingerprint density at radius 2 is 2.05 bits per heavy atom. The molecular weight excluding hydrogens is 252 g/mol. The lowest BCUT2D eigenvalue weighted by Gasteiger charge is -2.23.